The number of anilines is 1. The van der Waals surface area contributed by atoms with E-state index in [1.165, 1.54) is 18.2 Å². The molecular weight excluding hydrogens is 371 g/mol. The van der Waals surface area contributed by atoms with E-state index in [-0.39, 0.29) is 21.8 Å². The molecule has 0 radical (unpaired) electrons. The summed E-state index contributed by atoms with van der Waals surface area (Å²) in [7, 11) is 0. The fourth-order valence-corrected chi connectivity index (χ4v) is 1.83. The third kappa shape index (κ3) is 5.27. The molecule has 0 saturated carbocycles. The minimum absolute atomic E-state index is 0.00530. The van der Waals surface area contributed by atoms with Crippen LogP contribution in [0, 0.1) is 5.82 Å². The highest BCUT2D eigenvalue weighted by Crippen LogP contribution is 2.23. The molecule has 1 aromatic heterocycles. The van der Waals surface area contributed by atoms with Crippen molar-refractivity contribution >= 4 is 33.3 Å². The molecule has 1 heterocycles. The van der Waals surface area contributed by atoms with Crippen LogP contribution in [0.5, 0.6) is 0 Å². The van der Waals surface area contributed by atoms with Gasteiger partial charge in [-0.1, -0.05) is 13.8 Å². The molecule has 0 amide bonds. The van der Waals surface area contributed by atoms with Crippen LogP contribution in [-0.4, -0.2) is 34.4 Å². The molecule has 8 nitrogen and oxygen atoms in total. The maximum absolute atomic E-state index is 13.2. The second-order valence-electron chi connectivity index (χ2n) is 3.85. The van der Waals surface area contributed by atoms with E-state index in [2.05, 4.69) is 41.2 Å². The Bertz CT molecular complexity index is 649. The number of rotatable bonds is 5. The Morgan fingerprint density at radius 2 is 2.17 bits per heavy atom. The molecule has 0 bridgehead atoms. The van der Waals surface area contributed by atoms with E-state index in [0.29, 0.717) is 18.8 Å². The topological polar surface area (TPSA) is 122 Å². The highest BCUT2D eigenvalue weighted by Gasteiger charge is 2.16. The number of nitrogens with two attached hydrogens (primary N) is 1. The lowest BCUT2D eigenvalue weighted by atomic mass is 10.3. The van der Waals surface area contributed by atoms with Crippen LogP contribution in [0.1, 0.15) is 19.5 Å². The van der Waals surface area contributed by atoms with Crippen LogP contribution in [0.15, 0.2) is 32.3 Å². The van der Waals surface area contributed by atoms with Crippen LogP contribution < -0.4 is 16.5 Å². The summed E-state index contributed by atoms with van der Waals surface area (Å²) in [6.45, 7) is 4.83. The lowest BCUT2D eigenvalue weighted by molar-refractivity contribution is 0.234. The van der Waals surface area contributed by atoms with Gasteiger partial charge in [-0.2, -0.15) is 0 Å². The first-order valence-corrected chi connectivity index (χ1v) is 7.65. The monoisotopic (exact) mass is 388 g/mol. The summed E-state index contributed by atoms with van der Waals surface area (Å²) in [4.78, 5) is 4.12. The van der Waals surface area contributed by atoms with Gasteiger partial charge in [-0.05, 0) is 44.4 Å². The first kappa shape index (κ1) is 19.0. The van der Waals surface area contributed by atoms with Crippen molar-refractivity contribution in [3.05, 3.63) is 34.2 Å². The van der Waals surface area contributed by atoms with Crippen molar-refractivity contribution in [2.75, 3.05) is 18.4 Å². The van der Waals surface area contributed by atoms with E-state index in [0.717, 1.165) is 0 Å². The molecule has 0 fully saturated rings. The van der Waals surface area contributed by atoms with E-state index in [4.69, 9.17) is 5.73 Å². The molecule has 0 aliphatic heterocycles. The number of aliphatic imine (C=N–C) groups is 1. The Morgan fingerprint density at radius 1 is 1.43 bits per heavy atom. The quantitative estimate of drug-likeness (QED) is 0.352. The summed E-state index contributed by atoms with van der Waals surface area (Å²) in [6.07, 6.45) is 0. The van der Waals surface area contributed by atoms with Gasteiger partial charge in [0.15, 0.2) is 11.5 Å². The summed E-state index contributed by atoms with van der Waals surface area (Å²) in [5, 5.41) is 19.4. The molecule has 0 unspecified atom stereocenters. The van der Waals surface area contributed by atoms with Crippen LogP contribution in [0.3, 0.4) is 0 Å². The Morgan fingerprint density at radius 3 is 2.78 bits per heavy atom. The Hall–Kier alpha value is -2.04. The predicted molar refractivity (Wildman–Crippen MR) is 88.4 cm³/mol. The van der Waals surface area contributed by atoms with Crippen LogP contribution >= 0.6 is 15.9 Å². The van der Waals surface area contributed by atoms with Crippen molar-refractivity contribution < 1.29 is 14.2 Å². The maximum atomic E-state index is 13.2. The SMILES string of the molecule is CC.NCCNc1nonc1C(=Nc1ccc(F)c(Br)c1)NO. The Balaban J connectivity index is 0.00000127. The second kappa shape index (κ2) is 9.87. The number of hydrogen-bond donors (Lipinski definition) is 4. The van der Waals surface area contributed by atoms with Gasteiger partial charge in [-0.25, -0.2) is 14.0 Å². The van der Waals surface area contributed by atoms with Crippen molar-refractivity contribution in [2.45, 2.75) is 13.8 Å². The average molecular weight is 389 g/mol. The van der Waals surface area contributed by atoms with Gasteiger partial charge in [0.2, 0.25) is 5.82 Å². The van der Waals surface area contributed by atoms with Crippen LogP contribution in [0.4, 0.5) is 15.9 Å². The Kier molecular flexibility index (Phi) is 8.16. The van der Waals surface area contributed by atoms with Gasteiger partial charge >= 0.3 is 0 Å². The van der Waals surface area contributed by atoms with Gasteiger partial charge in [-0.3, -0.25) is 10.7 Å². The molecule has 0 aliphatic rings. The lowest BCUT2D eigenvalue weighted by Crippen LogP contribution is -2.23. The van der Waals surface area contributed by atoms with Crippen LogP contribution in [-0.2, 0) is 0 Å². The number of hydroxylamine groups is 1. The van der Waals surface area contributed by atoms with Crippen molar-refractivity contribution in [3.63, 3.8) is 0 Å². The molecule has 126 valence electrons. The minimum atomic E-state index is -0.416. The molecule has 0 atom stereocenters. The summed E-state index contributed by atoms with van der Waals surface area (Å²) in [6, 6.07) is 4.14. The summed E-state index contributed by atoms with van der Waals surface area (Å²) < 4.78 is 18.0. The fraction of sp³-hybridized carbons (Fsp3) is 0.308. The Labute approximate surface area is 141 Å². The lowest BCUT2D eigenvalue weighted by Gasteiger charge is -2.04. The second-order valence-corrected chi connectivity index (χ2v) is 4.70. The van der Waals surface area contributed by atoms with Gasteiger partial charge in [0.1, 0.15) is 5.82 Å². The third-order valence-corrected chi connectivity index (χ3v) is 3.01. The largest absolute Gasteiger partial charge is 0.364 e. The van der Waals surface area contributed by atoms with Crippen LogP contribution in [0.2, 0.25) is 0 Å². The number of benzene rings is 1. The molecule has 5 N–H and O–H groups in total. The van der Waals surface area contributed by atoms with Gasteiger partial charge in [-0.15, -0.1) is 0 Å². The van der Waals surface area contributed by atoms with E-state index >= 15 is 0 Å². The number of nitrogens with one attached hydrogen (secondary N) is 2. The van der Waals surface area contributed by atoms with E-state index in [1.54, 1.807) is 0 Å². The first-order valence-electron chi connectivity index (χ1n) is 6.86. The van der Waals surface area contributed by atoms with E-state index < -0.39 is 5.82 Å². The molecule has 23 heavy (non-hydrogen) atoms. The zero-order chi connectivity index (χ0) is 17.2. The van der Waals surface area contributed by atoms with Crippen molar-refractivity contribution in [2.24, 2.45) is 10.7 Å². The van der Waals surface area contributed by atoms with E-state index in [1.807, 2.05) is 19.3 Å². The number of amidine groups is 1. The minimum Gasteiger partial charge on any atom is -0.364 e. The fourth-order valence-electron chi connectivity index (χ4n) is 1.47. The van der Waals surface area contributed by atoms with Crippen LogP contribution in [0.25, 0.3) is 0 Å². The molecule has 2 aromatic rings. The standard InChI is InChI=1S/C11H12BrFN6O2.C2H6/c12-7-5-6(1-2-8(7)13)16-11(17-20)9-10(15-4-3-14)19-21-18-9;1-2/h1-2,5,20H,3-4,14H2,(H,15,19)(H,16,17);1-2H3. The molecular formula is C13H18BrFN6O2. The van der Waals surface area contributed by atoms with Gasteiger partial charge in [0, 0.05) is 13.1 Å². The molecule has 0 spiro atoms. The number of hydrogen-bond acceptors (Lipinski definition) is 7. The molecule has 1 aromatic carbocycles. The van der Waals surface area contributed by atoms with Crippen molar-refractivity contribution in [1.29, 1.82) is 0 Å². The van der Waals surface area contributed by atoms with Gasteiger partial charge in [0.05, 0.1) is 10.2 Å². The molecule has 0 saturated heterocycles. The first-order chi connectivity index (χ1) is 11.2. The zero-order valence-corrected chi connectivity index (χ0v) is 14.3. The highest BCUT2D eigenvalue weighted by atomic mass is 79.9. The average Bonchev–Trinajstić information content (AvgIpc) is 3.04. The maximum Gasteiger partial charge on any atom is 0.202 e. The number of halogens is 2. The van der Waals surface area contributed by atoms with Crippen molar-refractivity contribution in [3.8, 4) is 0 Å². The summed E-state index contributed by atoms with van der Waals surface area (Å²) in [5.41, 5.74) is 7.86. The number of aromatic nitrogens is 2. The molecule has 2 rings (SSSR count). The zero-order valence-electron chi connectivity index (χ0n) is 12.7. The number of nitrogens with zero attached hydrogens (tertiary/aromatic N) is 3. The normalized spacial score (nSPS) is 10.8. The van der Waals surface area contributed by atoms with E-state index in [9.17, 15) is 9.60 Å². The highest BCUT2D eigenvalue weighted by molar-refractivity contribution is 9.10. The third-order valence-electron chi connectivity index (χ3n) is 2.40. The predicted octanol–water partition coefficient (Wildman–Crippen LogP) is 2.43. The smallest absolute Gasteiger partial charge is 0.202 e. The molecule has 10 heteroatoms. The van der Waals surface area contributed by atoms with Crippen molar-refractivity contribution in [1.82, 2.24) is 15.8 Å². The summed E-state index contributed by atoms with van der Waals surface area (Å²) >= 11 is 3.06. The molecule has 0 aliphatic carbocycles. The van der Waals surface area contributed by atoms with Gasteiger partial charge < -0.3 is 11.1 Å². The van der Waals surface area contributed by atoms with Gasteiger partial charge in [0.25, 0.3) is 0 Å². The summed E-state index contributed by atoms with van der Waals surface area (Å²) in [5.74, 6) is -0.142.